The van der Waals surface area contributed by atoms with Crippen molar-refractivity contribution in [3.63, 3.8) is 0 Å². The molecule has 94 valence electrons. The molecule has 1 aliphatic carbocycles. The summed E-state index contributed by atoms with van der Waals surface area (Å²) in [4.78, 5) is 10.9. The molecule has 0 aliphatic heterocycles. The number of hydrogen-bond donors (Lipinski definition) is 1. The summed E-state index contributed by atoms with van der Waals surface area (Å²) in [6.07, 6.45) is 3.28. The summed E-state index contributed by atoms with van der Waals surface area (Å²) in [5, 5.41) is 3.00. The van der Waals surface area contributed by atoms with Crippen LogP contribution >= 0.6 is 0 Å². The van der Waals surface area contributed by atoms with Crippen LogP contribution in [0.15, 0.2) is 11.1 Å². The normalized spacial score (nSPS) is 20.3. The molecule has 1 unspecified atom stereocenters. The second-order valence-corrected chi connectivity index (χ2v) is 4.60. The zero-order chi connectivity index (χ0) is 12.7. The fourth-order valence-electron chi connectivity index (χ4n) is 2.34. The van der Waals surface area contributed by atoms with E-state index in [1.54, 1.807) is 12.5 Å². The smallest absolute Gasteiger partial charge is 0.217 e. The molecule has 1 N–H and O–H groups in total. The second kappa shape index (κ2) is 7.48. The molecule has 1 aliphatic rings. The van der Waals surface area contributed by atoms with Crippen molar-refractivity contribution in [2.75, 3.05) is 0 Å². The van der Waals surface area contributed by atoms with E-state index in [4.69, 9.17) is 0 Å². The quantitative estimate of drug-likeness (QED) is 0.714. The monoisotopic (exact) mass is 225 g/mol. The zero-order valence-electron chi connectivity index (χ0n) is 11.7. The van der Waals surface area contributed by atoms with Gasteiger partial charge in [0.15, 0.2) is 0 Å². The third kappa shape index (κ3) is 4.82. The van der Waals surface area contributed by atoms with Gasteiger partial charge in [-0.05, 0) is 32.1 Å². The summed E-state index contributed by atoms with van der Waals surface area (Å²) in [6, 6.07) is 0.370. The van der Waals surface area contributed by atoms with Gasteiger partial charge < -0.3 is 5.32 Å². The highest BCUT2D eigenvalue weighted by Crippen LogP contribution is 2.29. The predicted octanol–water partition coefficient (Wildman–Crippen LogP) is 3.67. The third-order valence-corrected chi connectivity index (χ3v) is 2.97. The number of amides is 1. The molecule has 0 spiro atoms. The van der Waals surface area contributed by atoms with E-state index >= 15 is 0 Å². The van der Waals surface area contributed by atoms with Gasteiger partial charge in [-0.25, -0.2) is 0 Å². The van der Waals surface area contributed by atoms with Crippen molar-refractivity contribution in [3.8, 4) is 0 Å². The van der Waals surface area contributed by atoms with Gasteiger partial charge in [-0.2, -0.15) is 0 Å². The number of rotatable bonds is 2. The number of allylic oxidation sites excluding steroid dienone is 1. The molecule has 0 aromatic carbocycles. The Kier molecular flexibility index (Phi) is 7.11. The molecule has 0 aromatic heterocycles. The summed E-state index contributed by atoms with van der Waals surface area (Å²) in [6.45, 7) is 12.3. The Morgan fingerprint density at radius 3 is 2.31 bits per heavy atom. The van der Waals surface area contributed by atoms with Crippen LogP contribution in [0.3, 0.4) is 0 Å². The number of nitrogens with one attached hydrogen (secondary N) is 1. The lowest BCUT2D eigenvalue weighted by Gasteiger charge is -2.28. The molecule has 16 heavy (non-hydrogen) atoms. The van der Waals surface area contributed by atoms with Gasteiger partial charge in [0.2, 0.25) is 5.91 Å². The van der Waals surface area contributed by atoms with Crippen molar-refractivity contribution in [3.05, 3.63) is 11.1 Å². The van der Waals surface area contributed by atoms with Gasteiger partial charge in [-0.15, -0.1) is 0 Å². The molecule has 1 atom stereocenters. The minimum Gasteiger partial charge on any atom is -0.353 e. The lowest BCUT2D eigenvalue weighted by atomic mass is 9.84. The van der Waals surface area contributed by atoms with Crippen LogP contribution in [0.1, 0.15) is 60.8 Å². The summed E-state index contributed by atoms with van der Waals surface area (Å²) in [5.41, 5.74) is 3.07. The number of carbonyl (C=O) groups excluding carboxylic acids is 1. The summed E-state index contributed by atoms with van der Waals surface area (Å²) >= 11 is 0. The van der Waals surface area contributed by atoms with E-state index in [2.05, 4.69) is 26.1 Å². The van der Waals surface area contributed by atoms with Crippen molar-refractivity contribution in [2.45, 2.75) is 66.8 Å². The van der Waals surface area contributed by atoms with Crippen molar-refractivity contribution in [1.29, 1.82) is 0 Å². The maximum absolute atomic E-state index is 10.9. The summed E-state index contributed by atoms with van der Waals surface area (Å²) < 4.78 is 0. The van der Waals surface area contributed by atoms with Gasteiger partial charge in [0.1, 0.15) is 0 Å². The van der Waals surface area contributed by atoms with E-state index in [0.717, 1.165) is 19.3 Å². The first-order chi connectivity index (χ1) is 7.50. The van der Waals surface area contributed by atoms with Crippen molar-refractivity contribution >= 4 is 5.91 Å². The number of carbonyl (C=O) groups is 1. The average Bonchev–Trinajstić information content (AvgIpc) is 2.19. The highest BCUT2D eigenvalue weighted by Gasteiger charge is 2.20. The molecule has 0 saturated heterocycles. The minimum atomic E-state index is 0.0933. The SMILES string of the molecule is CC.CC(=O)NC1CCC(C(C)C)=C(C)C1. The molecule has 0 saturated carbocycles. The van der Waals surface area contributed by atoms with Crippen LogP contribution in [0.25, 0.3) is 0 Å². The van der Waals surface area contributed by atoms with E-state index in [0.29, 0.717) is 12.0 Å². The lowest BCUT2D eigenvalue weighted by Crippen LogP contribution is -2.35. The van der Waals surface area contributed by atoms with Crippen molar-refractivity contribution < 1.29 is 4.79 Å². The molecular formula is C14H27NO. The molecule has 1 amide bonds. The topological polar surface area (TPSA) is 29.1 Å². The fraction of sp³-hybridized carbons (Fsp3) is 0.786. The van der Waals surface area contributed by atoms with Gasteiger partial charge in [0, 0.05) is 13.0 Å². The molecule has 2 nitrogen and oxygen atoms in total. The average molecular weight is 225 g/mol. The van der Waals surface area contributed by atoms with Gasteiger partial charge in [-0.3, -0.25) is 4.79 Å². The Balaban J connectivity index is 0.00000106. The highest BCUT2D eigenvalue weighted by molar-refractivity contribution is 5.73. The van der Waals surface area contributed by atoms with Crippen LogP contribution in [0.4, 0.5) is 0 Å². The predicted molar refractivity (Wildman–Crippen MR) is 70.3 cm³/mol. The van der Waals surface area contributed by atoms with Crippen LogP contribution in [0, 0.1) is 5.92 Å². The maximum atomic E-state index is 10.9. The molecule has 0 aromatic rings. The molecule has 0 bridgehead atoms. The first-order valence-electron chi connectivity index (χ1n) is 6.46. The summed E-state index contributed by atoms with van der Waals surface area (Å²) in [5.74, 6) is 0.754. The van der Waals surface area contributed by atoms with E-state index < -0.39 is 0 Å². The molecule has 2 heteroatoms. The Bertz CT molecular complexity index is 253. The van der Waals surface area contributed by atoms with Crippen LogP contribution in [-0.2, 0) is 4.79 Å². The van der Waals surface area contributed by atoms with Crippen molar-refractivity contribution in [2.24, 2.45) is 5.92 Å². The van der Waals surface area contributed by atoms with E-state index in [-0.39, 0.29) is 5.91 Å². The third-order valence-electron chi connectivity index (χ3n) is 2.97. The zero-order valence-corrected chi connectivity index (χ0v) is 11.7. The van der Waals surface area contributed by atoms with E-state index in [1.807, 2.05) is 13.8 Å². The lowest BCUT2D eigenvalue weighted by molar-refractivity contribution is -0.119. The van der Waals surface area contributed by atoms with E-state index in [1.165, 1.54) is 5.57 Å². The minimum absolute atomic E-state index is 0.0933. The van der Waals surface area contributed by atoms with Crippen LogP contribution in [0.2, 0.25) is 0 Å². The Morgan fingerprint density at radius 2 is 1.94 bits per heavy atom. The largest absolute Gasteiger partial charge is 0.353 e. The first kappa shape index (κ1) is 15.2. The van der Waals surface area contributed by atoms with Gasteiger partial charge >= 0.3 is 0 Å². The maximum Gasteiger partial charge on any atom is 0.217 e. The van der Waals surface area contributed by atoms with Crippen LogP contribution in [-0.4, -0.2) is 11.9 Å². The van der Waals surface area contributed by atoms with Crippen LogP contribution in [0.5, 0.6) is 0 Å². The molecule has 0 radical (unpaired) electrons. The van der Waals surface area contributed by atoms with Crippen molar-refractivity contribution in [1.82, 2.24) is 5.32 Å². The number of hydrogen-bond acceptors (Lipinski definition) is 1. The molecular weight excluding hydrogens is 198 g/mol. The van der Waals surface area contributed by atoms with E-state index in [9.17, 15) is 4.79 Å². The standard InChI is InChI=1S/C12H21NO.C2H6/c1-8(2)12-6-5-11(7-9(12)3)13-10(4)14;1-2/h8,11H,5-7H2,1-4H3,(H,13,14);1-2H3. The molecule has 0 heterocycles. The van der Waals surface area contributed by atoms with Gasteiger partial charge in [0.25, 0.3) is 0 Å². The van der Waals surface area contributed by atoms with Crippen LogP contribution < -0.4 is 5.32 Å². The fourth-order valence-corrected chi connectivity index (χ4v) is 2.34. The van der Waals surface area contributed by atoms with Gasteiger partial charge in [-0.1, -0.05) is 38.8 Å². The molecule has 1 rings (SSSR count). The Morgan fingerprint density at radius 1 is 1.38 bits per heavy atom. The molecule has 0 fully saturated rings. The Hall–Kier alpha value is -0.790. The first-order valence-corrected chi connectivity index (χ1v) is 6.46. The Labute approximate surface area is 101 Å². The highest BCUT2D eigenvalue weighted by atomic mass is 16.1. The summed E-state index contributed by atoms with van der Waals surface area (Å²) in [7, 11) is 0. The second-order valence-electron chi connectivity index (χ2n) is 4.60. The van der Waals surface area contributed by atoms with Gasteiger partial charge in [0.05, 0.1) is 0 Å².